The zero-order chi connectivity index (χ0) is 20.0. The maximum absolute atomic E-state index is 13.1. The molecule has 2 amide bonds. The van der Waals surface area contributed by atoms with Crippen molar-refractivity contribution in [2.75, 3.05) is 18.8 Å². The topological polar surface area (TPSA) is 79.5 Å². The molecule has 1 saturated carbocycles. The summed E-state index contributed by atoms with van der Waals surface area (Å²) in [6, 6.07) is 0.625. The monoisotopic (exact) mass is 416 g/mol. The molecule has 1 aromatic heterocycles. The number of nitrogens with zero attached hydrogens (tertiary/aromatic N) is 3. The van der Waals surface area contributed by atoms with E-state index in [1.165, 1.54) is 43.4 Å². The van der Waals surface area contributed by atoms with Gasteiger partial charge < -0.3 is 15.5 Å². The van der Waals surface area contributed by atoms with Crippen molar-refractivity contribution in [3.8, 4) is 0 Å². The van der Waals surface area contributed by atoms with Gasteiger partial charge in [-0.15, -0.1) is 11.3 Å². The van der Waals surface area contributed by atoms with E-state index in [0.717, 1.165) is 44.7 Å². The van der Waals surface area contributed by atoms with Crippen LogP contribution in [-0.4, -0.2) is 51.8 Å². The van der Waals surface area contributed by atoms with Crippen molar-refractivity contribution in [1.29, 1.82) is 0 Å². The standard InChI is InChI=1S/C22H32N4O2S/c23-22-24-17(13-29-22)21(28)25-11-15-10-16(12-25)19(9-14-5-2-1-3-6-14)26-18(15)7-4-8-20(26)27/h13-16,18-19H,1-12H2,(H2,23,24)/t15-,16+,18+,19+/m1/s1. The van der Waals surface area contributed by atoms with Crippen LogP contribution in [0.5, 0.6) is 0 Å². The first kappa shape index (κ1) is 19.3. The van der Waals surface area contributed by atoms with Crippen molar-refractivity contribution in [3.05, 3.63) is 11.1 Å². The Morgan fingerprint density at radius 1 is 1.14 bits per heavy atom. The fourth-order valence-corrected chi connectivity index (χ4v) is 7.09. The molecule has 2 N–H and O–H groups in total. The van der Waals surface area contributed by atoms with E-state index in [2.05, 4.69) is 9.88 Å². The molecule has 0 radical (unpaired) electrons. The summed E-state index contributed by atoms with van der Waals surface area (Å²) in [6.07, 6.45) is 11.7. The highest BCUT2D eigenvalue weighted by molar-refractivity contribution is 7.13. The maximum Gasteiger partial charge on any atom is 0.273 e. The summed E-state index contributed by atoms with van der Waals surface area (Å²) in [6.45, 7) is 1.50. The van der Waals surface area contributed by atoms with Gasteiger partial charge >= 0.3 is 0 Å². The van der Waals surface area contributed by atoms with Crippen LogP contribution in [0.4, 0.5) is 5.13 Å². The number of anilines is 1. The molecule has 4 fully saturated rings. The van der Waals surface area contributed by atoms with Crippen molar-refractivity contribution in [3.63, 3.8) is 0 Å². The molecule has 0 spiro atoms. The molecule has 0 unspecified atom stereocenters. The average Bonchev–Trinajstić information content (AvgIpc) is 3.17. The first-order chi connectivity index (χ1) is 14.1. The molecule has 1 aromatic rings. The summed E-state index contributed by atoms with van der Waals surface area (Å²) in [5.74, 6) is 1.92. The van der Waals surface area contributed by atoms with Crippen LogP contribution >= 0.6 is 11.3 Å². The van der Waals surface area contributed by atoms with Crippen LogP contribution in [-0.2, 0) is 4.79 Å². The van der Waals surface area contributed by atoms with E-state index >= 15 is 0 Å². The number of nitrogen functional groups attached to an aromatic ring is 1. The van der Waals surface area contributed by atoms with Gasteiger partial charge in [-0.3, -0.25) is 9.59 Å². The fraction of sp³-hybridized carbons (Fsp3) is 0.773. The third-order valence-electron chi connectivity index (χ3n) is 7.82. The Balaban J connectivity index is 1.39. The lowest BCUT2D eigenvalue weighted by atomic mass is 9.69. The molecular weight excluding hydrogens is 384 g/mol. The number of hydrogen-bond donors (Lipinski definition) is 1. The summed E-state index contributed by atoms with van der Waals surface area (Å²) in [4.78, 5) is 34.6. The molecule has 3 aliphatic heterocycles. The lowest BCUT2D eigenvalue weighted by molar-refractivity contribution is -0.153. The number of thiazole rings is 1. The minimum atomic E-state index is 0.0136. The van der Waals surface area contributed by atoms with Gasteiger partial charge in [-0.25, -0.2) is 4.98 Å². The van der Waals surface area contributed by atoms with Crippen LogP contribution in [0.2, 0.25) is 0 Å². The highest BCUT2D eigenvalue weighted by Gasteiger charge is 2.50. The molecule has 0 aromatic carbocycles. The lowest BCUT2D eigenvalue weighted by Crippen LogP contribution is -2.65. The van der Waals surface area contributed by atoms with E-state index in [1.54, 1.807) is 5.38 Å². The van der Waals surface area contributed by atoms with Crippen LogP contribution in [0.1, 0.15) is 74.7 Å². The minimum Gasteiger partial charge on any atom is -0.375 e. The lowest BCUT2D eigenvalue weighted by Gasteiger charge is -2.57. The molecule has 1 aliphatic carbocycles. The second-order valence-corrected chi connectivity index (χ2v) is 10.5. The molecule has 2 bridgehead atoms. The van der Waals surface area contributed by atoms with Gasteiger partial charge in [-0.05, 0) is 43.4 Å². The quantitative estimate of drug-likeness (QED) is 0.817. The number of nitrogens with two attached hydrogens (primary N) is 1. The Morgan fingerprint density at radius 3 is 2.69 bits per heavy atom. The van der Waals surface area contributed by atoms with Crippen LogP contribution < -0.4 is 5.73 Å². The molecule has 29 heavy (non-hydrogen) atoms. The van der Waals surface area contributed by atoms with Crippen LogP contribution in [0, 0.1) is 17.8 Å². The van der Waals surface area contributed by atoms with Crippen LogP contribution in [0.15, 0.2) is 5.38 Å². The average molecular weight is 417 g/mol. The molecule has 158 valence electrons. The van der Waals surface area contributed by atoms with E-state index in [4.69, 9.17) is 5.73 Å². The fourth-order valence-electron chi connectivity index (χ4n) is 6.56. The number of piperidine rings is 3. The van der Waals surface area contributed by atoms with Crippen LogP contribution in [0.3, 0.4) is 0 Å². The number of aromatic nitrogens is 1. The normalized spacial score (nSPS) is 32.9. The summed E-state index contributed by atoms with van der Waals surface area (Å²) < 4.78 is 0. The van der Waals surface area contributed by atoms with Crippen molar-refractivity contribution >= 4 is 28.3 Å². The Hall–Kier alpha value is -1.63. The van der Waals surface area contributed by atoms with Gasteiger partial charge in [0.25, 0.3) is 5.91 Å². The zero-order valence-electron chi connectivity index (χ0n) is 17.1. The van der Waals surface area contributed by atoms with Crippen molar-refractivity contribution in [2.24, 2.45) is 17.8 Å². The summed E-state index contributed by atoms with van der Waals surface area (Å²) in [5, 5.41) is 2.22. The Kier molecular flexibility index (Phi) is 5.26. The Morgan fingerprint density at radius 2 is 1.93 bits per heavy atom. The first-order valence-electron chi connectivity index (χ1n) is 11.4. The Bertz CT molecular complexity index is 775. The number of carbonyl (C=O) groups is 2. The molecule has 7 heteroatoms. The van der Waals surface area contributed by atoms with E-state index < -0.39 is 0 Å². The van der Waals surface area contributed by atoms with Gasteiger partial charge in [-0.1, -0.05) is 32.1 Å². The second-order valence-electron chi connectivity index (χ2n) is 9.60. The molecule has 3 saturated heterocycles. The number of amides is 2. The number of likely N-dealkylation sites (tertiary alicyclic amines) is 1. The Labute approximate surface area is 176 Å². The van der Waals surface area contributed by atoms with Gasteiger partial charge in [0.05, 0.1) is 0 Å². The van der Waals surface area contributed by atoms with Gasteiger partial charge in [0.2, 0.25) is 5.91 Å². The molecule has 5 rings (SSSR count). The smallest absolute Gasteiger partial charge is 0.273 e. The van der Waals surface area contributed by atoms with Crippen molar-refractivity contribution < 1.29 is 9.59 Å². The molecule has 4 aliphatic rings. The predicted octanol–water partition coefficient (Wildman–Crippen LogP) is 3.54. The van der Waals surface area contributed by atoms with Crippen molar-refractivity contribution in [1.82, 2.24) is 14.8 Å². The molecule has 4 atom stereocenters. The number of carbonyl (C=O) groups excluding carboxylic acids is 2. The third kappa shape index (κ3) is 3.66. The highest BCUT2D eigenvalue weighted by atomic mass is 32.1. The molecule has 6 nitrogen and oxygen atoms in total. The zero-order valence-corrected chi connectivity index (χ0v) is 17.9. The van der Waals surface area contributed by atoms with Gasteiger partial charge in [0, 0.05) is 37.0 Å². The number of rotatable bonds is 3. The van der Waals surface area contributed by atoms with E-state index in [-0.39, 0.29) is 5.91 Å². The maximum atomic E-state index is 13.1. The SMILES string of the molecule is Nc1nc(C(=O)N2C[C@H]3C[C@@H](C2)[C@H](CC2CCCCC2)N2C(=O)CCC[C@@H]32)cs1. The largest absolute Gasteiger partial charge is 0.375 e. The first-order valence-corrected chi connectivity index (χ1v) is 12.3. The van der Waals surface area contributed by atoms with Crippen LogP contribution in [0.25, 0.3) is 0 Å². The predicted molar refractivity (Wildman–Crippen MR) is 113 cm³/mol. The van der Waals surface area contributed by atoms with Crippen molar-refractivity contribution in [2.45, 2.75) is 76.3 Å². The summed E-state index contributed by atoms with van der Waals surface area (Å²) >= 11 is 1.33. The van der Waals surface area contributed by atoms with E-state index in [9.17, 15) is 9.59 Å². The number of hydrogen-bond acceptors (Lipinski definition) is 5. The third-order valence-corrected chi connectivity index (χ3v) is 8.50. The van der Waals surface area contributed by atoms with E-state index in [1.807, 2.05) is 4.90 Å². The van der Waals surface area contributed by atoms with E-state index in [0.29, 0.717) is 47.1 Å². The molecule has 4 heterocycles. The summed E-state index contributed by atoms with van der Waals surface area (Å²) in [7, 11) is 0. The number of fused-ring (bicyclic) bond motifs is 4. The van der Waals surface area contributed by atoms with Gasteiger partial charge in [0.1, 0.15) is 5.69 Å². The molecular formula is C22H32N4O2S. The van der Waals surface area contributed by atoms with Gasteiger partial charge in [0.15, 0.2) is 5.13 Å². The highest BCUT2D eigenvalue weighted by Crippen LogP contribution is 2.44. The second kappa shape index (κ2) is 7.89. The minimum absolute atomic E-state index is 0.0136. The summed E-state index contributed by atoms with van der Waals surface area (Å²) in [5.41, 5.74) is 6.24. The van der Waals surface area contributed by atoms with Gasteiger partial charge in [-0.2, -0.15) is 0 Å².